The van der Waals surface area contributed by atoms with Crippen LogP contribution in [0.2, 0.25) is 0 Å². The summed E-state index contributed by atoms with van der Waals surface area (Å²) in [6.45, 7) is 20.1. The fourth-order valence-electron chi connectivity index (χ4n) is 3.72. The third kappa shape index (κ3) is 14.0. The quantitative estimate of drug-likeness (QED) is 0.266. The van der Waals surface area contributed by atoms with E-state index in [2.05, 4.69) is 79.7 Å². The molecule has 1 aromatic carbocycles. The van der Waals surface area contributed by atoms with Crippen molar-refractivity contribution in [3.63, 3.8) is 0 Å². The average Bonchev–Trinajstić information content (AvgIpc) is 3.27. The standard InChI is InChI=1S/C15H27N3O4.C13H18N2.C3H8.C2H6/c1-10(14(21)22)7-8-18(6)13(20)12(15(2,3)4)17-11(19)9-16-5;1-9(2)12-8-15(4)13-7-10(14-3)5-6-11(12)13;1-3-2;1-2/h7,12,16H,8-9H2,1-6H3,(H,17,19)(H,21,22);5-9,14H,1-4H3;3H2,1-2H3;1-2H3/b10-7+;;;. The number of rotatable bonds is 9. The van der Waals surface area contributed by atoms with E-state index in [-0.39, 0.29) is 30.5 Å². The molecule has 0 spiro atoms. The molecule has 0 saturated carbocycles. The zero-order valence-corrected chi connectivity index (χ0v) is 28.7. The van der Waals surface area contributed by atoms with Gasteiger partial charge in [-0.05, 0) is 43.0 Å². The third-order valence-electron chi connectivity index (χ3n) is 6.07. The number of hydrogen-bond donors (Lipinski definition) is 4. The molecular formula is C33H59N5O4. The number of carbonyl (C=O) groups excluding carboxylic acids is 2. The molecule has 42 heavy (non-hydrogen) atoms. The molecule has 2 rings (SSSR count). The molecule has 9 heteroatoms. The molecule has 0 aliphatic rings. The van der Waals surface area contributed by atoms with Crippen LogP contribution in [0.3, 0.4) is 0 Å². The Bertz CT molecular complexity index is 1130. The fraction of sp³-hybridized carbons (Fsp3) is 0.606. The molecule has 1 heterocycles. The number of benzene rings is 1. The second-order valence-electron chi connectivity index (χ2n) is 11.3. The van der Waals surface area contributed by atoms with Crippen LogP contribution < -0.4 is 16.0 Å². The molecule has 0 aliphatic heterocycles. The molecule has 4 N–H and O–H groups in total. The first-order valence-electron chi connectivity index (χ1n) is 14.9. The van der Waals surface area contributed by atoms with Gasteiger partial charge in [0.2, 0.25) is 11.8 Å². The predicted octanol–water partition coefficient (Wildman–Crippen LogP) is 6.01. The lowest BCUT2D eigenvalue weighted by atomic mass is 9.85. The number of aliphatic carboxylic acids is 1. The number of anilines is 1. The number of aromatic nitrogens is 1. The molecule has 240 valence electrons. The SMILES string of the molecule is CC.CCC.CNCC(=O)NC(C(=O)N(C)C/C=C(\C)C(=O)O)C(C)(C)C.CNc1ccc2c(C(C)C)cn(C)c2c1. The van der Waals surface area contributed by atoms with Gasteiger partial charge in [0, 0.05) is 50.5 Å². The zero-order valence-electron chi connectivity index (χ0n) is 28.7. The molecular weight excluding hydrogens is 530 g/mol. The van der Waals surface area contributed by atoms with Crippen LogP contribution in [-0.4, -0.2) is 72.6 Å². The van der Waals surface area contributed by atoms with Gasteiger partial charge in [-0.3, -0.25) is 9.59 Å². The second kappa shape index (κ2) is 20.5. The lowest BCUT2D eigenvalue weighted by Gasteiger charge is -2.33. The van der Waals surface area contributed by atoms with Gasteiger partial charge in [0.05, 0.1) is 12.1 Å². The number of hydrogen-bond acceptors (Lipinski definition) is 5. The molecule has 1 atom stereocenters. The van der Waals surface area contributed by atoms with Crippen molar-refractivity contribution in [3.05, 3.63) is 41.6 Å². The number of likely N-dealkylation sites (N-methyl/N-ethyl adjacent to an activating group) is 2. The van der Waals surface area contributed by atoms with E-state index < -0.39 is 17.4 Å². The van der Waals surface area contributed by atoms with Crippen molar-refractivity contribution in [1.29, 1.82) is 0 Å². The minimum Gasteiger partial charge on any atom is -0.478 e. The Balaban J connectivity index is 0. The molecule has 1 aromatic heterocycles. The molecule has 1 unspecified atom stereocenters. The van der Waals surface area contributed by atoms with E-state index in [1.54, 1.807) is 14.1 Å². The van der Waals surface area contributed by atoms with E-state index >= 15 is 0 Å². The summed E-state index contributed by atoms with van der Waals surface area (Å²) in [6.07, 6.45) is 4.95. The van der Waals surface area contributed by atoms with Gasteiger partial charge in [-0.15, -0.1) is 0 Å². The molecule has 0 radical (unpaired) electrons. The van der Waals surface area contributed by atoms with Gasteiger partial charge in [-0.25, -0.2) is 4.79 Å². The number of fused-ring (bicyclic) bond motifs is 1. The molecule has 0 aliphatic carbocycles. The maximum absolute atomic E-state index is 12.5. The van der Waals surface area contributed by atoms with E-state index in [0.29, 0.717) is 5.92 Å². The Morgan fingerprint density at radius 1 is 1.10 bits per heavy atom. The second-order valence-corrected chi connectivity index (χ2v) is 11.3. The molecule has 2 amide bonds. The normalized spacial score (nSPS) is 11.6. The maximum Gasteiger partial charge on any atom is 0.331 e. The van der Waals surface area contributed by atoms with Crippen molar-refractivity contribution in [2.75, 3.05) is 39.5 Å². The number of carbonyl (C=O) groups is 3. The number of nitrogens with one attached hydrogen (secondary N) is 3. The van der Waals surface area contributed by atoms with Crippen LogP contribution in [0.1, 0.15) is 87.1 Å². The Labute approximate surface area is 255 Å². The van der Waals surface area contributed by atoms with Crippen LogP contribution in [0, 0.1) is 5.41 Å². The van der Waals surface area contributed by atoms with E-state index in [1.165, 1.54) is 46.5 Å². The number of amides is 2. The summed E-state index contributed by atoms with van der Waals surface area (Å²) < 4.78 is 2.20. The first-order chi connectivity index (χ1) is 19.5. The topological polar surface area (TPSA) is 116 Å². The summed E-state index contributed by atoms with van der Waals surface area (Å²) in [4.78, 5) is 36.4. The smallest absolute Gasteiger partial charge is 0.331 e. The van der Waals surface area contributed by atoms with Gasteiger partial charge in [-0.2, -0.15) is 0 Å². The highest BCUT2D eigenvalue weighted by Crippen LogP contribution is 2.28. The first-order valence-corrected chi connectivity index (χ1v) is 14.9. The summed E-state index contributed by atoms with van der Waals surface area (Å²) in [5.74, 6) is -0.961. The van der Waals surface area contributed by atoms with Crippen LogP contribution in [0.15, 0.2) is 36.0 Å². The third-order valence-corrected chi connectivity index (χ3v) is 6.07. The summed E-state index contributed by atoms with van der Waals surface area (Å²) in [5, 5.41) is 18.8. The van der Waals surface area contributed by atoms with E-state index in [1.807, 2.05) is 41.7 Å². The van der Waals surface area contributed by atoms with Crippen molar-refractivity contribution in [3.8, 4) is 0 Å². The number of carboxylic acids is 1. The predicted molar refractivity (Wildman–Crippen MR) is 178 cm³/mol. The zero-order chi connectivity index (χ0) is 33.2. The van der Waals surface area contributed by atoms with Crippen molar-refractivity contribution in [2.24, 2.45) is 12.5 Å². The Morgan fingerprint density at radius 2 is 1.64 bits per heavy atom. The van der Waals surface area contributed by atoms with E-state index in [9.17, 15) is 14.4 Å². The molecule has 2 aromatic rings. The van der Waals surface area contributed by atoms with Crippen LogP contribution >= 0.6 is 0 Å². The van der Waals surface area contributed by atoms with Crippen LogP contribution in [0.5, 0.6) is 0 Å². The van der Waals surface area contributed by atoms with Crippen LogP contribution in [0.25, 0.3) is 10.9 Å². The molecule has 0 saturated heterocycles. The highest BCUT2D eigenvalue weighted by molar-refractivity contribution is 5.89. The van der Waals surface area contributed by atoms with Crippen molar-refractivity contribution in [2.45, 2.75) is 87.6 Å². The lowest BCUT2D eigenvalue weighted by molar-refractivity contribution is -0.137. The summed E-state index contributed by atoms with van der Waals surface area (Å²) in [7, 11) is 7.29. The van der Waals surface area contributed by atoms with Gasteiger partial charge >= 0.3 is 5.97 Å². The maximum atomic E-state index is 12.5. The van der Waals surface area contributed by atoms with Gasteiger partial charge in [0.15, 0.2) is 0 Å². The summed E-state index contributed by atoms with van der Waals surface area (Å²) >= 11 is 0. The van der Waals surface area contributed by atoms with Crippen molar-refractivity contribution >= 4 is 34.4 Å². The fourth-order valence-corrected chi connectivity index (χ4v) is 3.72. The number of nitrogens with zero attached hydrogens (tertiary/aromatic N) is 2. The monoisotopic (exact) mass is 589 g/mol. The molecule has 9 nitrogen and oxygen atoms in total. The van der Waals surface area contributed by atoms with Crippen LogP contribution in [-0.2, 0) is 21.4 Å². The molecule has 0 bridgehead atoms. The van der Waals surface area contributed by atoms with Gasteiger partial charge in [0.1, 0.15) is 6.04 Å². The average molecular weight is 590 g/mol. The highest BCUT2D eigenvalue weighted by atomic mass is 16.4. The van der Waals surface area contributed by atoms with E-state index in [4.69, 9.17) is 5.11 Å². The largest absolute Gasteiger partial charge is 0.478 e. The summed E-state index contributed by atoms with van der Waals surface area (Å²) in [6, 6.07) is 5.85. The number of carboxylic acid groups (broad SMARTS) is 1. The van der Waals surface area contributed by atoms with Crippen LogP contribution in [0.4, 0.5) is 5.69 Å². The highest BCUT2D eigenvalue weighted by Gasteiger charge is 2.34. The molecule has 0 fully saturated rings. The minimum atomic E-state index is -1.02. The van der Waals surface area contributed by atoms with E-state index in [0.717, 1.165) is 0 Å². The first kappa shape index (κ1) is 40.8. The van der Waals surface area contributed by atoms with Gasteiger partial charge in [0.25, 0.3) is 0 Å². The Kier molecular flexibility index (Phi) is 19.9. The number of aryl methyl sites for hydroxylation is 1. The lowest BCUT2D eigenvalue weighted by Crippen LogP contribution is -2.55. The van der Waals surface area contributed by atoms with Crippen molar-refractivity contribution < 1.29 is 19.5 Å². The van der Waals surface area contributed by atoms with Crippen molar-refractivity contribution in [1.82, 2.24) is 20.1 Å². The minimum absolute atomic E-state index is 0.127. The van der Waals surface area contributed by atoms with Gasteiger partial charge < -0.3 is 30.5 Å². The Morgan fingerprint density at radius 3 is 2.07 bits per heavy atom. The Hall–Kier alpha value is -3.33. The van der Waals surface area contributed by atoms with Gasteiger partial charge in [-0.1, -0.05) is 80.9 Å². The summed E-state index contributed by atoms with van der Waals surface area (Å²) in [5.41, 5.74) is 3.60.